The second-order valence-electron chi connectivity index (χ2n) is 5.48. The highest BCUT2D eigenvalue weighted by molar-refractivity contribution is 6.14. The number of furan rings is 1. The van der Waals surface area contributed by atoms with Crippen LogP contribution in [0.5, 0.6) is 23.0 Å². The van der Waals surface area contributed by atoms with Crippen LogP contribution in [0.4, 0.5) is 0 Å². The second kappa shape index (κ2) is 5.90. The van der Waals surface area contributed by atoms with E-state index >= 15 is 0 Å². The molecular weight excluding hydrogens is 324 g/mol. The van der Waals surface area contributed by atoms with E-state index in [4.69, 9.17) is 18.6 Å². The summed E-state index contributed by atoms with van der Waals surface area (Å²) < 4.78 is 21.0. The molecule has 126 valence electrons. The molecule has 1 aliphatic heterocycles. The van der Waals surface area contributed by atoms with E-state index in [1.54, 1.807) is 24.3 Å². The van der Waals surface area contributed by atoms with Crippen LogP contribution in [0.15, 0.2) is 47.1 Å². The van der Waals surface area contributed by atoms with Gasteiger partial charge in [-0.25, -0.2) is 0 Å². The van der Waals surface area contributed by atoms with E-state index in [1.165, 1.54) is 25.5 Å². The van der Waals surface area contributed by atoms with Gasteiger partial charge in [-0.2, -0.15) is 0 Å². The molecule has 0 bridgehead atoms. The first-order valence-corrected chi connectivity index (χ1v) is 7.56. The summed E-state index contributed by atoms with van der Waals surface area (Å²) in [4.78, 5) is 12.5. The minimum Gasteiger partial charge on any atom is -0.504 e. The Labute approximate surface area is 142 Å². The van der Waals surface area contributed by atoms with Crippen LogP contribution in [0, 0.1) is 0 Å². The van der Waals surface area contributed by atoms with Crippen LogP contribution >= 0.6 is 0 Å². The summed E-state index contributed by atoms with van der Waals surface area (Å²) in [6, 6.07) is 8.43. The fourth-order valence-corrected chi connectivity index (χ4v) is 2.68. The molecule has 2 aromatic carbocycles. The molecule has 0 radical (unpaired) electrons. The minimum absolute atomic E-state index is 0.0507. The molecule has 0 unspecified atom stereocenters. The average molecular weight is 338 g/mol. The van der Waals surface area contributed by atoms with E-state index in [-0.39, 0.29) is 24.1 Å². The molecule has 6 nitrogen and oxygen atoms in total. The van der Waals surface area contributed by atoms with Crippen molar-refractivity contribution >= 4 is 22.8 Å². The Hall–Kier alpha value is -3.41. The molecule has 0 fully saturated rings. The molecule has 25 heavy (non-hydrogen) atoms. The van der Waals surface area contributed by atoms with Crippen LogP contribution < -0.4 is 14.2 Å². The number of aromatic hydroxyl groups is 1. The summed E-state index contributed by atoms with van der Waals surface area (Å²) in [6.07, 6.45) is 4.51. The average Bonchev–Trinajstić information content (AvgIpc) is 3.24. The Morgan fingerprint density at radius 2 is 2.04 bits per heavy atom. The zero-order valence-electron chi connectivity index (χ0n) is 13.3. The summed E-state index contributed by atoms with van der Waals surface area (Å²) in [5, 5.41) is 10.4. The van der Waals surface area contributed by atoms with Crippen LogP contribution in [0.1, 0.15) is 15.9 Å². The second-order valence-corrected chi connectivity index (χ2v) is 5.48. The van der Waals surface area contributed by atoms with Gasteiger partial charge in [0.1, 0.15) is 11.8 Å². The molecule has 1 N–H and O–H groups in total. The normalized spacial score (nSPS) is 12.8. The van der Waals surface area contributed by atoms with Crippen LogP contribution in [0.2, 0.25) is 0 Å². The maximum Gasteiger partial charge on any atom is 0.231 e. The fourth-order valence-electron chi connectivity index (χ4n) is 2.68. The van der Waals surface area contributed by atoms with Gasteiger partial charge in [-0.1, -0.05) is 12.1 Å². The third kappa shape index (κ3) is 2.67. The number of benzene rings is 2. The summed E-state index contributed by atoms with van der Waals surface area (Å²) in [7, 11) is 1.45. The Kier molecular flexibility index (Phi) is 3.57. The standard InChI is InChI=1S/C19H14O6/c1-22-18-8-17-12(7-15(18)21)13(9-23-17)14(20)4-2-11-3-5-16-19(6-11)25-10-24-16/h2-9,21H,10H2,1H3/b4-2+. The topological polar surface area (TPSA) is 78.1 Å². The van der Waals surface area contributed by atoms with E-state index in [2.05, 4.69) is 0 Å². The lowest BCUT2D eigenvalue weighted by molar-refractivity contribution is 0.104. The molecule has 0 saturated heterocycles. The number of carbonyl (C=O) groups excluding carboxylic acids is 1. The Balaban J connectivity index is 1.63. The predicted octanol–water partition coefficient (Wildman–Crippen LogP) is 3.77. The van der Waals surface area contributed by atoms with E-state index in [9.17, 15) is 9.90 Å². The minimum atomic E-state index is -0.235. The molecular formula is C19H14O6. The molecule has 3 aromatic rings. The molecule has 0 spiro atoms. The van der Waals surface area contributed by atoms with Gasteiger partial charge in [0, 0.05) is 11.5 Å². The molecule has 1 aliphatic rings. The number of phenols is 1. The largest absolute Gasteiger partial charge is 0.504 e. The number of fused-ring (bicyclic) bond motifs is 2. The van der Waals surface area contributed by atoms with Crippen molar-refractivity contribution in [3.05, 3.63) is 53.8 Å². The lowest BCUT2D eigenvalue weighted by atomic mass is 10.1. The van der Waals surface area contributed by atoms with Crippen LogP contribution in [-0.2, 0) is 0 Å². The highest BCUT2D eigenvalue weighted by Gasteiger charge is 2.16. The van der Waals surface area contributed by atoms with Crippen LogP contribution in [0.3, 0.4) is 0 Å². The van der Waals surface area contributed by atoms with E-state index in [0.717, 1.165) is 5.56 Å². The van der Waals surface area contributed by atoms with Crippen molar-refractivity contribution in [1.82, 2.24) is 0 Å². The number of hydrogen-bond donors (Lipinski definition) is 1. The maximum absolute atomic E-state index is 12.5. The number of ether oxygens (including phenoxy) is 3. The Morgan fingerprint density at radius 1 is 1.20 bits per heavy atom. The quantitative estimate of drug-likeness (QED) is 0.576. The number of allylic oxidation sites excluding steroid dienone is 1. The molecule has 1 aromatic heterocycles. The molecule has 0 atom stereocenters. The molecule has 0 amide bonds. The third-order valence-corrected chi connectivity index (χ3v) is 3.96. The number of rotatable bonds is 4. The van der Waals surface area contributed by atoms with Crippen LogP contribution in [-0.4, -0.2) is 24.8 Å². The molecule has 2 heterocycles. The summed E-state index contributed by atoms with van der Waals surface area (Å²) in [5.74, 6) is 1.34. The van der Waals surface area contributed by atoms with Crippen molar-refractivity contribution in [1.29, 1.82) is 0 Å². The summed E-state index contributed by atoms with van der Waals surface area (Å²) in [6.45, 7) is 0.204. The van der Waals surface area contributed by atoms with Crippen molar-refractivity contribution in [2.75, 3.05) is 13.9 Å². The Bertz CT molecular complexity index is 999. The van der Waals surface area contributed by atoms with Gasteiger partial charge in [0.25, 0.3) is 0 Å². The number of methoxy groups -OCH3 is 1. The van der Waals surface area contributed by atoms with Gasteiger partial charge in [-0.15, -0.1) is 0 Å². The summed E-state index contributed by atoms with van der Waals surface area (Å²) in [5.41, 5.74) is 1.65. The van der Waals surface area contributed by atoms with Crippen molar-refractivity contribution in [3.63, 3.8) is 0 Å². The van der Waals surface area contributed by atoms with E-state index in [0.29, 0.717) is 28.0 Å². The number of hydrogen-bond acceptors (Lipinski definition) is 6. The van der Waals surface area contributed by atoms with Gasteiger partial charge in [0.15, 0.2) is 28.8 Å². The lowest BCUT2D eigenvalue weighted by Gasteiger charge is -2.02. The van der Waals surface area contributed by atoms with Crippen LogP contribution in [0.25, 0.3) is 17.0 Å². The van der Waals surface area contributed by atoms with Gasteiger partial charge in [0.05, 0.1) is 12.7 Å². The lowest BCUT2D eigenvalue weighted by Crippen LogP contribution is -1.93. The highest BCUT2D eigenvalue weighted by Crippen LogP contribution is 2.35. The number of phenolic OH excluding ortho intramolecular Hbond substituents is 1. The monoisotopic (exact) mass is 338 g/mol. The summed E-state index contributed by atoms with van der Waals surface area (Å²) >= 11 is 0. The van der Waals surface area contributed by atoms with Gasteiger partial charge in [-0.3, -0.25) is 4.79 Å². The zero-order valence-corrected chi connectivity index (χ0v) is 13.3. The van der Waals surface area contributed by atoms with Crippen molar-refractivity contribution in [3.8, 4) is 23.0 Å². The molecule has 4 rings (SSSR count). The van der Waals surface area contributed by atoms with Crippen molar-refractivity contribution < 1.29 is 28.5 Å². The first kappa shape index (κ1) is 15.1. The highest BCUT2D eigenvalue weighted by atomic mass is 16.7. The first-order chi connectivity index (χ1) is 12.2. The number of ketones is 1. The van der Waals surface area contributed by atoms with Gasteiger partial charge in [-0.05, 0) is 29.8 Å². The van der Waals surface area contributed by atoms with Gasteiger partial charge in [0.2, 0.25) is 6.79 Å². The van der Waals surface area contributed by atoms with Crippen molar-refractivity contribution in [2.24, 2.45) is 0 Å². The fraction of sp³-hybridized carbons (Fsp3) is 0.105. The smallest absolute Gasteiger partial charge is 0.231 e. The SMILES string of the molecule is COc1cc2occ(C(=O)/C=C/c3ccc4c(c3)OCO4)c2cc1O. The van der Waals surface area contributed by atoms with E-state index < -0.39 is 0 Å². The molecule has 0 aliphatic carbocycles. The predicted molar refractivity (Wildman–Crippen MR) is 90.4 cm³/mol. The van der Waals surface area contributed by atoms with Gasteiger partial charge < -0.3 is 23.7 Å². The molecule has 0 saturated carbocycles. The van der Waals surface area contributed by atoms with Gasteiger partial charge >= 0.3 is 0 Å². The number of carbonyl (C=O) groups is 1. The Morgan fingerprint density at radius 3 is 2.88 bits per heavy atom. The van der Waals surface area contributed by atoms with Crippen molar-refractivity contribution in [2.45, 2.75) is 0 Å². The maximum atomic E-state index is 12.5. The third-order valence-electron chi connectivity index (χ3n) is 3.96. The molecule has 6 heteroatoms. The van der Waals surface area contributed by atoms with E-state index in [1.807, 2.05) is 6.07 Å². The first-order valence-electron chi connectivity index (χ1n) is 7.56. The zero-order chi connectivity index (χ0) is 17.4.